The summed E-state index contributed by atoms with van der Waals surface area (Å²) < 4.78 is 10.6. The number of allylic oxidation sites excluding steroid dienone is 2. The number of para-hydroxylation sites is 1. The van der Waals surface area contributed by atoms with Crippen LogP contribution in [-0.2, 0) is 4.74 Å². The number of rotatable bonds is 1. The largest absolute Gasteiger partial charge is 0.504 e. The van der Waals surface area contributed by atoms with E-state index in [1.165, 1.54) is 0 Å². The summed E-state index contributed by atoms with van der Waals surface area (Å²) in [5.41, 5.74) is 2.11. The van der Waals surface area contributed by atoms with Gasteiger partial charge in [-0.2, -0.15) is 0 Å². The number of fused-ring (bicyclic) bond motifs is 1. The highest BCUT2D eigenvalue weighted by Gasteiger charge is 2.08. The number of ether oxygens (including phenoxy) is 2. The highest BCUT2D eigenvalue weighted by molar-refractivity contribution is 5.77. The molecular weight excluding hydrogens is 176 g/mol. The normalized spacial score (nSPS) is 17.1. The van der Waals surface area contributed by atoms with Gasteiger partial charge in [-0.1, -0.05) is 24.3 Å². The first-order valence-corrected chi connectivity index (χ1v) is 4.53. The van der Waals surface area contributed by atoms with Crippen LogP contribution < -0.4 is 4.74 Å². The van der Waals surface area contributed by atoms with Crippen LogP contribution in [0.15, 0.2) is 42.7 Å². The standard InChI is InChI=1S/C12H12O2/c1-13-9-10-5-4-8-14-12-7-3-2-6-11(10)12/h2-7,9H,8H2,1H3/b10-9-. The predicted molar refractivity (Wildman–Crippen MR) is 56.1 cm³/mol. The Hall–Kier alpha value is -1.70. The van der Waals surface area contributed by atoms with Crippen LogP contribution >= 0.6 is 0 Å². The zero-order valence-electron chi connectivity index (χ0n) is 8.07. The van der Waals surface area contributed by atoms with E-state index in [1.807, 2.05) is 36.4 Å². The summed E-state index contributed by atoms with van der Waals surface area (Å²) in [5.74, 6) is 0.904. The fraction of sp³-hybridized carbons (Fsp3) is 0.167. The Morgan fingerprint density at radius 3 is 3.07 bits per heavy atom. The third-order valence-corrected chi connectivity index (χ3v) is 2.08. The Labute approximate surface area is 83.5 Å². The number of methoxy groups -OCH3 is 1. The van der Waals surface area contributed by atoms with Gasteiger partial charge in [0, 0.05) is 11.1 Å². The topological polar surface area (TPSA) is 18.5 Å². The van der Waals surface area contributed by atoms with Gasteiger partial charge in [0.05, 0.1) is 13.4 Å². The van der Waals surface area contributed by atoms with E-state index in [-0.39, 0.29) is 0 Å². The van der Waals surface area contributed by atoms with Crippen LogP contribution in [0.4, 0.5) is 0 Å². The molecule has 1 aliphatic rings. The predicted octanol–water partition coefficient (Wildman–Crippen LogP) is 2.62. The maximum Gasteiger partial charge on any atom is 0.127 e. The van der Waals surface area contributed by atoms with Crippen molar-refractivity contribution in [2.24, 2.45) is 0 Å². The lowest BCUT2D eigenvalue weighted by Gasteiger charge is -2.07. The minimum Gasteiger partial charge on any atom is -0.504 e. The quantitative estimate of drug-likeness (QED) is 0.631. The second kappa shape index (κ2) is 4.01. The molecule has 0 bridgehead atoms. The zero-order chi connectivity index (χ0) is 9.80. The van der Waals surface area contributed by atoms with Gasteiger partial charge in [-0.05, 0) is 12.1 Å². The molecule has 0 saturated heterocycles. The first kappa shape index (κ1) is 8.88. The van der Waals surface area contributed by atoms with Crippen molar-refractivity contribution in [3.8, 4) is 5.75 Å². The summed E-state index contributed by atoms with van der Waals surface area (Å²) in [6.07, 6.45) is 5.71. The van der Waals surface area contributed by atoms with E-state index in [1.54, 1.807) is 13.4 Å². The van der Waals surface area contributed by atoms with Crippen molar-refractivity contribution >= 4 is 5.57 Å². The van der Waals surface area contributed by atoms with Gasteiger partial charge < -0.3 is 9.47 Å². The lowest BCUT2D eigenvalue weighted by Crippen LogP contribution is -1.93. The molecule has 0 unspecified atom stereocenters. The van der Waals surface area contributed by atoms with Crippen molar-refractivity contribution in [2.45, 2.75) is 0 Å². The van der Waals surface area contributed by atoms with E-state index >= 15 is 0 Å². The Kier molecular flexibility index (Phi) is 2.54. The molecule has 0 fully saturated rings. The lowest BCUT2D eigenvalue weighted by atomic mass is 10.1. The molecule has 1 aromatic carbocycles. The van der Waals surface area contributed by atoms with E-state index in [9.17, 15) is 0 Å². The Balaban J connectivity index is 2.49. The van der Waals surface area contributed by atoms with Crippen LogP contribution in [0.25, 0.3) is 5.57 Å². The second-order valence-electron chi connectivity index (χ2n) is 3.02. The van der Waals surface area contributed by atoms with Gasteiger partial charge >= 0.3 is 0 Å². The molecule has 1 heterocycles. The molecule has 0 radical (unpaired) electrons. The van der Waals surface area contributed by atoms with Crippen LogP contribution in [-0.4, -0.2) is 13.7 Å². The van der Waals surface area contributed by atoms with E-state index in [0.29, 0.717) is 6.61 Å². The summed E-state index contributed by atoms with van der Waals surface area (Å²) in [4.78, 5) is 0. The SMILES string of the molecule is CO/C=C1/C=CCOc2ccccc21. The Morgan fingerprint density at radius 1 is 1.36 bits per heavy atom. The van der Waals surface area contributed by atoms with Crippen molar-refractivity contribution in [3.63, 3.8) is 0 Å². The molecule has 0 spiro atoms. The molecule has 0 amide bonds. The van der Waals surface area contributed by atoms with Crippen LogP contribution in [0, 0.1) is 0 Å². The van der Waals surface area contributed by atoms with Crippen LogP contribution in [0.3, 0.4) is 0 Å². The van der Waals surface area contributed by atoms with Crippen molar-refractivity contribution in [1.29, 1.82) is 0 Å². The van der Waals surface area contributed by atoms with Gasteiger partial charge in [-0.3, -0.25) is 0 Å². The van der Waals surface area contributed by atoms with E-state index in [4.69, 9.17) is 9.47 Å². The minimum absolute atomic E-state index is 0.609. The summed E-state index contributed by atoms with van der Waals surface area (Å²) in [5, 5.41) is 0. The molecular formula is C12H12O2. The summed E-state index contributed by atoms with van der Waals surface area (Å²) in [6.45, 7) is 0.609. The molecule has 0 aliphatic carbocycles. The Morgan fingerprint density at radius 2 is 2.21 bits per heavy atom. The average Bonchev–Trinajstić information content (AvgIpc) is 2.42. The van der Waals surface area contributed by atoms with E-state index in [0.717, 1.165) is 16.9 Å². The summed E-state index contributed by atoms with van der Waals surface area (Å²) >= 11 is 0. The molecule has 1 aliphatic heterocycles. The molecule has 0 N–H and O–H groups in total. The van der Waals surface area contributed by atoms with Crippen molar-refractivity contribution in [3.05, 3.63) is 48.2 Å². The first-order chi connectivity index (χ1) is 6.92. The van der Waals surface area contributed by atoms with Crippen LogP contribution in [0.2, 0.25) is 0 Å². The maximum absolute atomic E-state index is 5.54. The summed E-state index contributed by atoms with van der Waals surface area (Å²) in [6, 6.07) is 7.95. The molecule has 2 nitrogen and oxygen atoms in total. The highest BCUT2D eigenvalue weighted by atomic mass is 16.5. The fourth-order valence-corrected chi connectivity index (χ4v) is 1.46. The lowest BCUT2D eigenvalue weighted by molar-refractivity contribution is 0.339. The van der Waals surface area contributed by atoms with Crippen molar-refractivity contribution < 1.29 is 9.47 Å². The molecule has 2 rings (SSSR count). The van der Waals surface area contributed by atoms with Gasteiger partial charge in [-0.25, -0.2) is 0 Å². The molecule has 72 valence electrons. The molecule has 0 saturated carbocycles. The fourth-order valence-electron chi connectivity index (χ4n) is 1.46. The minimum atomic E-state index is 0.609. The number of benzene rings is 1. The summed E-state index contributed by atoms with van der Waals surface area (Å²) in [7, 11) is 1.65. The van der Waals surface area contributed by atoms with Crippen molar-refractivity contribution in [1.82, 2.24) is 0 Å². The molecule has 2 heteroatoms. The van der Waals surface area contributed by atoms with E-state index in [2.05, 4.69) is 0 Å². The first-order valence-electron chi connectivity index (χ1n) is 4.53. The highest BCUT2D eigenvalue weighted by Crippen LogP contribution is 2.28. The number of hydrogen-bond donors (Lipinski definition) is 0. The third-order valence-electron chi connectivity index (χ3n) is 2.08. The molecule has 14 heavy (non-hydrogen) atoms. The zero-order valence-corrected chi connectivity index (χ0v) is 8.07. The van der Waals surface area contributed by atoms with Gasteiger partial charge in [0.1, 0.15) is 12.4 Å². The average molecular weight is 188 g/mol. The van der Waals surface area contributed by atoms with Gasteiger partial charge in [-0.15, -0.1) is 0 Å². The second-order valence-corrected chi connectivity index (χ2v) is 3.02. The van der Waals surface area contributed by atoms with Gasteiger partial charge in [0.25, 0.3) is 0 Å². The Bertz CT molecular complexity index is 378. The number of hydrogen-bond acceptors (Lipinski definition) is 2. The van der Waals surface area contributed by atoms with Gasteiger partial charge in [0.15, 0.2) is 0 Å². The molecule has 0 aromatic heterocycles. The van der Waals surface area contributed by atoms with Crippen molar-refractivity contribution in [2.75, 3.05) is 13.7 Å². The monoisotopic (exact) mass is 188 g/mol. The van der Waals surface area contributed by atoms with Crippen LogP contribution in [0.1, 0.15) is 5.56 Å². The molecule has 1 aromatic rings. The van der Waals surface area contributed by atoms with Gasteiger partial charge in [0.2, 0.25) is 0 Å². The smallest absolute Gasteiger partial charge is 0.127 e. The third kappa shape index (κ3) is 1.64. The molecule has 0 atom stereocenters. The maximum atomic E-state index is 5.54. The van der Waals surface area contributed by atoms with Crippen LogP contribution in [0.5, 0.6) is 5.75 Å². The van der Waals surface area contributed by atoms with E-state index < -0.39 is 0 Å².